The fourth-order valence-electron chi connectivity index (χ4n) is 1.26. The normalized spacial score (nSPS) is 10.2. The quantitative estimate of drug-likeness (QED) is 0.651. The van der Waals surface area contributed by atoms with Gasteiger partial charge < -0.3 is 0 Å². The summed E-state index contributed by atoms with van der Waals surface area (Å²) in [5.74, 6) is 0.0138. The van der Waals surface area contributed by atoms with E-state index in [1.807, 2.05) is 0 Å². The van der Waals surface area contributed by atoms with Crippen LogP contribution in [0.2, 0.25) is 0 Å². The maximum Gasteiger partial charge on any atom is 0.269 e. The van der Waals surface area contributed by atoms with E-state index in [9.17, 15) is 14.9 Å². The molecule has 1 aromatic carbocycles. The first-order valence-corrected chi connectivity index (χ1v) is 5.98. The molecule has 0 atom stereocenters. The van der Waals surface area contributed by atoms with Crippen molar-refractivity contribution in [3.63, 3.8) is 0 Å². The van der Waals surface area contributed by atoms with Crippen LogP contribution in [0.3, 0.4) is 0 Å². The van der Waals surface area contributed by atoms with Crippen molar-refractivity contribution in [2.45, 2.75) is 17.0 Å². The maximum atomic E-state index is 10.8. The van der Waals surface area contributed by atoms with Gasteiger partial charge in [-0.3, -0.25) is 20.2 Å². The van der Waals surface area contributed by atoms with Crippen molar-refractivity contribution in [2.24, 2.45) is 0 Å². The highest BCUT2D eigenvalue weighted by Crippen LogP contribution is 2.26. The number of carbonyl (C=O) groups excluding carboxylic acids is 1. The molecule has 0 saturated carbocycles. The zero-order valence-electron chi connectivity index (χ0n) is 9.78. The highest BCUT2D eigenvalue weighted by atomic mass is 32.2. The van der Waals surface area contributed by atoms with Crippen LogP contribution >= 0.6 is 11.8 Å². The third kappa shape index (κ3) is 3.52. The first-order valence-electron chi connectivity index (χ1n) is 5.17. The van der Waals surface area contributed by atoms with Gasteiger partial charge in [-0.25, -0.2) is 5.10 Å². The third-order valence-electron chi connectivity index (χ3n) is 2.02. The van der Waals surface area contributed by atoms with Crippen LogP contribution in [0.4, 0.5) is 11.6 Å². The van der Waals surface area contributed by atoms with E-state index in [0.29, 0.717) is 5.16 Å². The molecule has 0 aliphatic heterocycles. The third-order valence-corrected chi connectivity index (χ3v) is 2.89. The fraction of sp³-hybridized carbons (Fsp3) is 0.100. The molecule has 2 N–H and O–H groups in total. The molecule has 0 spiro atoms. The first kappa shape index (κ1) is 13.0. The van der Waals surface area contributed by atoms with Gasteiger partial charge in [0.25, 0.3) is 5.69 Å². The molecule has 1 amide bonds. The Kier molecular flexibility index (Phi) is 3.76. The molecule has 9 heteroatoms. The number of aromatic nitrogens is 3. The highest BCUT2D eigenvalue weighted by Gasteiger charge is 2.08. The Morgan fingerprint density at radius 1 is 1.42 bits per heavy atom. The first-order chi connectivity index (χ1) is 9.04. The van der Waals surface area contributed by atoms with E-state index >= 15 is 0 Å². The van der Waals surface area contributed by atoms with Crippen molar-refractivity contribution in [1.82, 2.24) is 15.2 Å². The Bertz CT molecular complexity index is 610. The second-order valence-corrected chi connectivity index (χ2v) is 4.54. The van der Waals surface area contributed by atoms with Crippen LogP contribution in [0.5, 0.6) is 0 Å². The van der Waals surface area contributed by atoms with E-state index in [1.165, 1.54) is 30.8 Å². The summed E-state index contributed by atoms with van der Waals surface area (Å²) in [7, 11) is 0. The SMILES string of the molecule is CC(=O)Nc1nc(Sc2ccc([N+](=O)[O-])cc2)n[nH]1. The van der Waals surface area contributed by atoms with Gasteiger partial charge in [-0.2, -0.15) is 4.98 Å². The molecular formula is C10H9N5O3S. The van der Waals surface area contributed by atoms with Crippen molar-refractivity contribution in [1.29, 1.82) is 0 Å². The summed E-state index contributed by atoms with van der Waals surface area (Å²) in [5.41, 5.74) is 0.0262. The molecule has 1 aromatic heterocycles. The zero-order valence-corrected chi connectivity index (χ0v) is 10.6. The highest BCUT2D eigenvalue weighted by molar-refractivity contribution is 7.99. The number of carbonyl (C=O) groups is 1. The number of benzene rings is 1. The van der Waals surface area contributed by atoms with Crippen molar-refractivity contribution >= 4 is 29.3 Å². The second kappa shape index (κ2) is 5.48. The van der Waals surface area contributed by atoms with Gasteiger partial charge in [0.05, 0.1) is 4.92 Å². The minimum Gasteiger partial charge on any atom is -0.295 e. The summed E-state index contributed by atoms with van der Waals surface area (Å²) < 4.78 is 0. The number of rotatable bonds is 4. The molecule has 0 radical (unpaired) electrons. The number of nitrogens with one attached hydrogen (secondary N) is 2. The van der Waals surface area contributed by atoms with Gasteiger partial charge in [0.1, 0.15) is 0 Å². The molecule has 0 saturated heterocycles. The molecule has 98 valence electrons. The number of hydrogen-bond acceptors (Lipinski definition) is 6. The van der Waals surface area contributed by atoms with Gasteiger partial charge in [0.15, 0.2) is 0 Å². The Balaban J connectivity index is 2.06. The number of aromatic amines is 1. The lowest BCUT2D eigenvalue weighted by molar-refractivity contribution is -0.384. The number of nitrogens with zero attached hydrogens (tertiary/aromatic N) is 3. The van der Waals surface area contributed by atoms with E-state index in [2.05, 4.69) is 20.5 Å². The molecule has 0 bridgehead atoms. The minimum atomic E-state index is -0.462. The molecule has 0 unspecified atom stereocenters. The Morgan fingerprint density at radius 3 is 2.68 bits per heavy atom. The van der Waals surface area contributed by atoms with Crippen molar-refractivity contribution < 1.29 is 9.72 Å². The summed E-state index contributed by atoms with van der Waals surface area (Å²) in [6.45, 7) is 1.37. The molecular weight excluding hydrogens is 270 g/mol. The Morgan fingerprint density at radius 2 is 2.11 bits per heavy atom. The average Bonchev–Trinajstić information content (AvgIpc) is 2.76. The molecule has 1 heterocycles. The van der Waals surface area contributed by atoms with E-state index < -0.39 is 4.92 Å². The Hall–Kier alpha value is -2.42. The summed E-state index contributed by atoms with van der Waals surface area (Å²) >= 11 is 1.23. The molecule has 8 nitrogen and oxygen atoms in total. The smallest absolute Gasteiger partial charge is 0.269 e. The topological polar surface area (TPSA) is 114 Å². The Labute approximate surface area is 111 Å². The number of non-ortho nitro benzene ring substituents is 1. The number of anilines is 1. The maximum absolute atomic E-state index is 10.8. The standard InChI is InChI=1S/C10H9N5O3S/c1-6(16)11-9-12-10(14-13-9)19-8-4-2-7(3-5-8)15(17)18/h2-5H,1H3,(H2,11,12,13,14,16). The van der Waals surface area contributed by atoms with Crippen LogP contribution in [0, 0.1) is 10.1 Å². The van der Waals surface area contributed by atoms with Gasteiger partial charge in [-0.05, 0) is 23.9 Å². The summed E-state index contributed by atoms with van der Waals surface area (Å²) in [5, 5.41) is 19.8. The van der Waals surface area contributed by atoms with E-state index in [1.54, 1.807) is 12.1 Å². The number of hydrogen-bond donors (Lipinski definition) is 2. The molecule has 19 heavy (non-hydrogen) atoms. The fourth-order valence-corrected chi connectivity index (χ4v) is 1.97. The lowest BCUT2D eigenvalue weighted by atomic mass is 10.3. The van der Waals surface area contributed by atoms with Crippen LogP contribution in [-0.2, 0) is 4.79 Å². The van der Waals surface area contributed by atoms with Gasteiger partial charge in [0, 0.05) is 24.0 Å². The number of nitro groups is 1. The van der Waals surface area contributed by atoms with Crippen LogP contribution in [0.15, 0.2) is 34.3 Å². The molecule has 0 aliphatic carbocycles. The monoisotopic (exact) mass is 279 g/mol. The van der Waals surface area contributed by atoms with Gasteiger partial charge in [-0.1, -0.05) is 0 Å². The van der Waals surface area contributed by atoms with Crippen molar-refractivity contribution in [3.8, 4) is 0 Å². The molecule has 2 rings (SSSR count). The lowest BCUT2D eigenvalue weighted by Crippen LogP contribution is -2.06. The number of H-pyrrole nitrogens is 1. The molecule has 2 aromatic rings. The van der Waals surface area contributed by atoms with Gasteiger partial charge in [0.2, 0.25) is 17.0 Å². The van der Waals surface area contributed by atoms with Gasteiger partial charge in [-0.15, -0.1) is 5.10 Å². The number of amides is 1. The van der Waals surface area contributed by atoms with Gasteiger partial charge >= 0.3 is 0 Å². The summed E-state index contributed by atoms with van der Waals surface area (Å²) in [6.07, 6.45) is 0. The predicted molar refractivity (Wildman–Crippen MR) is 67.9 cm³/mol. The molecule has 0 fully saturated rings. The summed E-state index contributed by atoms with van der Waals surface area (Å²) in [6, 6.07) is 6.03. The van der Waals surface area contributed by atoms with E-state index in [0.717, 1.165) is 4.90 Å². The second-order valence-electron chi connectivity index (χ2n) is 3.50. The van der Waals surface area contributed by atoms with Crippen LogP contribution in [0.1, 0.15) is 6.92 Å². The minimum absolute atomic E-state index is 0.0262. The van der Waals surface area contributed by atoms with Crippen LogP contribution in [0.25, 0.3) is 0 Å². The average molecular weight is 279 g/mol. The van der Waals surface area contributed by atoms with Crippen molar-refractivity contribution in [2.75, 3.05) is 5.32 Å². The lowest BCUT2D eigenvalue weighted by Gasteiger charge is -1.96. The zero-order chi connectivity index (χ0) is 13.8. The van der Waals surface area contributed by atoms with Crippen molar-refractivity contribution in [3.05, 3.63) is 34.4 Å². The van der Waals surface area contributed by atoms with E-state index in [-0.39, 0.29) is 17.5 Å². The summed E-state index contributed by atoms with van der Waals surface area (Å²) in [4.78, 5) is 25.7. The van der Waals surface area contributed by atoms with E-state index in [4.69, 9.17) is 0 Å². The van der Waals surface area contributed by atoms with Crippen LogP contribution < -0.4 is 5.32 Å². The van der Waals surface area contributed by atoms with Crippen LogP contribution in [-0.4, -0.2) is 26.0 Å². The largest absolute Gasteiger partial charge is 0.295 e. The predicted octanol–water partition coefficient (Wildman–Crippen LogP) is 1.82. The number of nitro benzene ring substituents is 1. The molecule has 0 aliphatic rings.